The molecule has 27 heavy (non-hydrogen) atoms. The Hall–Kier alpha value is -2.01. The zero-order valence-electron chi connectivity index (χ0n) is 16.7. The maximum Gasteiger partial charge on any atom is 0.166 e. The van der Waals surface area contributed by atoms with Crippen LogP contribution in [-0.4, -0.2) is 14.5 Å². The van der Waals surface area contributed by atoms with Crippen LogP contribution in [0.2, 0.25) is 5.15 Å². The highest BCUT2D eigenvalue weighted by atomic mass is 35.5. The maximum atomic E-state index is 13.8. The van der Waals surface area contributed by atoms with Gasteiger partial charge in [0.05, 0.1) is 5.69 Å². The van der Waals surface area contributed by atoms with E-state index in [1.807, 2.05) is 13.0 Å². The minimum absolute atomic E-state index is 0.0302. The molecular formula is C21H26ClF2N3. The summed E-state index contributed by atoms with van der Waals surface area (Å²) in [4.78, 5) is 8.72. The highest BCUT2D eigenvalue weighted by molar-refractivity contribution is 6.30. The van der Waals surface area contributed by atoms with E-state index in [9.17, 15) is 8.78 Å². The van der Waals surface area contributed by atoms with Crippen LogP contribution in [-0.2, 0) is 6.67 Å². The molecule has 0 fully saturated rings. The lowest BCUT2D eigenvalue weighted by Gasteiger charge is -2.12. The van der Waals surface area contributed by atoms with Crippen LogP contribution in [0.3, 0.4) is 0 Å². The van der Waals surface area contributed by atoms with E-state index < -0.39 is 12.5 Å². The van der Waals surface area contributed by atoms with Crippen LogP contribution < -0.4 is 0 Å². The number of pyridine rings is 1. The van der Waals surface area contributed by atoms with Crippen molar-refractivity contribution in [3.05, 3.63) is 52.2 Å². The van der Waals surface area contributed by atoms with Gasteiger partial charge in [0.15, 0.2) is 5.65 Å². The molecule has 0 atom stereocenters. The Morgan fingerprint density at radius 1 is 1.11 bits per heavy atom. The van der Waals surface area contributed by atoms with E-state index in [0.717, 1.165) is 5.56 Å². The number of nitrogens with zero attached hydrogens (tertiary/aromatic N) is 3. The second-order valence-electron chi connectivity index (χ2n) is 7.76. The summed E-state index contributed by atoms with van der Waals surface area (Å²) < 4.78 is 28.1. The Morgan fingerprint density at radius 3 is 2.26 bits per heavy atom. The predicted octanol–water partition coefficient (Wildman–Crippen LogP) is 6.74. The second kappa shape index (κ2) is 8.34. The van der Waals surface area contributed by atoms with Gasteiger partial charge in [-0.1, -0.05) is 51.8 Å². The van der Waals surface area contributed by atoms with Crippen molar-refractivity contribution in [1.29, 1.82) is 0 Å². The number of alkyl halides is 1. The summed E-state index contributed by atoms with van der Waals surface area (Å²) in [6.45, 7) is 11.7. The first-order chi connectivity index (χ1) is 12.6. The predicted molar refractivity (Wildman–Crippen MR) is 108 cm³/mol. The number of aromatic nitrogens is 3. The Labute approximate surface area is 164 Å². The largest absolute Gasteiger partial charge is 0.281 e. The van der Waals surface area contributed by atoms with Crippen LogP contribution in [0, 0.1) is 25.1 Å². The third-order valence-corrected chi connectivity index (χ3v) is 4.81. The Bertz CT molecular complexity index is 943. The van der Waals surface area contributed by atoms with Gasteiger partial charge in [-0.25, -0.2) is 18.7 Å². The monoisotopic (exact) mass is 393 g/mol. The van der Waals surface area contributed by atoms with E-state index in [0.29, 0.717) is 33.2 Å². The smallest absolute Gasteiger partial charge is 0.166 e. The van der Waals surface area contributed by atoms with Gasteiger partial charge < -0.3 is 0 Å². The molecule has 146 valence electrons. The lowest BCUT2D eigenvalue weighted by atomic mass is 9.94. The normalized spacial score (nSPS) is 11.4. The third kappa shape index (κ3) is 5.04. The molecule has 0 N–H and O–H groups in total. The summed E-state index contributed by atoms with van der Waals surface area (Å²) in [5, 5.41) is 0.379. The number of halogens is 3. The van der Waals surface area contributed by atoms with Crippen LogP contribution >= 0.6 is 11.6 Å². The minimum atomic E-state index is -0.834. The van der Waals surface area contributed by atoms with Crippen molar-refractivity contribution in [1.82, 2.24) is 14.5 Å². The molecule has 2 aromatic heterocycles. The second-order valence-corrected chi connectivity index (χ2v) is 8.11. The molecule has 2 heterocycles. The van der Waals surface area contributed by atoms with Crippen molar-refractivity contribution in [2.75, 3.05) is 0 Å². The molecule has 3 aromatic rings. The summed E-state index contributed by atoms with van der Waals surface area (Å²) in [7, 11) is 0. The topological polar surface area (TPSA) is 30.7 Å². The SMILES string of the molecule is CCC(C)(C)C.Cc1cc2nc(C)n(-c3ccc(CF)c(F)c3)c2nc1Cl. The van der Waals surface area contributed by atoms with E-state index in [1.165, 1.54) is 18.6 Å². The Balaban J connectivity index is 0.000000380. The van der Waals surface area contributed by atoms with Gasteiger partial charge in [-0.15, -0.1) is 0 Å². The van der Waals surface area contributed by atoms with Crippen molar-refractivity contribution < 1.29 is 8.78 Å². The van der Waals surface area contributed by atoms with Gasteiger partial charge in [0.25, 0.3) is 0 Å². The summed E-state index contributed by atoms with van der Waals surface area (Å²) >= 11 is 6.06. The molecule has 0 amide bonds. The molecule has 0 spiro atoms. The number of fused-ring (bicyclic) bond motifs is 1. The van der Waals surface area contributed by atoms with Crippen molar-refractivity contribution >= 4 is 22.8 Å². The average Bonchev–Trinajstić information content (AvgIpc) is 2.90. The first kappa shape index (κ1) is 21.3. The summed E-state index contributed by atoms with van der Waals surface area (Å²) in [6, 6.07) is 6.17. The van der Waals surface area contributed by atoms with Crippen LogP contribution in [0.5, 0.6) is 0 Å². The Morgan fingerprint density at radius 2 is 1.74 bits per heavy atom. The zero-order chi connectivity index (χ0) is 20.4. The molecular weight excluding hydrogens is 368 g/mol. The first-order valence-electron chi connectivity index (χ1n) is 8.94. The molecule has 3 rings (SSSR count). The quantitative estimate of drug-likeness (QED) is 0.451. The molecule has 0 saturated heterocycles. The van der Waals surface area contributed by atoms with Gasteiger partial charge in [-0.2, -0.15) is 0 Å². The van der Waals surface area contributed by atoms with Crippen molar-refractivity contribution in [2.24, 2.45) is 5.41 Å². The van der Waals surface area contributed by atoms with Crippen molar-refractivity contribution in [2.45, 2.75) is 54.6 Å². The number of hydrogen-bond donors (Lipinski definition) is 0. The molecule has 0 saturated carbocycles. The van der Waals surface area contributed by atoms with Crippen LogP contribution in [0.25, 0.3) is 16.9 Å². The number of aryl methyl sites for hydroxylation is 2. The average molecular weight is 394 g/mol. The highest BCUT2D eigenvalue weighted by Gasteiger charge is 2.14. The van der Waals surface area contributed by atoms with E-state index in [2.05, 4.69) is 37.7 Å². The number of benzene rings is 1. The lowest BCUT2D eigenvalue weighted by molar-refractivity contribution is 0.398. The van der Waals surface area contributed by atoms with Crippen LogP contribution in [0.1, 0.15) is 51.1 Å². The summed E-state index contributed by atoms with van der Waals surface area (Å²) in [5.74, 6) is 0.0704. The first-order valence-corrected chi connectivity index (χ1v) is 9.32. The van der Waals surface area contributed by atoms with Gasteiger partial charge in [0.1, 0.15) is 29.0 Å². The number of imidazole rings is 1. The van der Waals surface area contributed by atoms with E-state index in [-0.39, 0.29) is 5.56 Å². The molecule has 0 unspecified atom stereocenters. The third-order valence-electron chi connectivity index (χ3n) is 4.43. The highest BCUT2D eigenvalue weighted by Crippen LogP contribution is 2.25. The fraction of sp³-hybridized carbons (Fsp3) is 0.429. The Kier molecular flexibility index (Phi) is 6.58. The molecule has 0 aliphatic rings. The molecule has 0 bridgehead atoms. The van der Waals surface area contributed by atoms with Gasteiger partial charge in [0, 0.05) is 5.56 Å². The number of rotatable bonds is 2. The molecule has 3 nitrogen and oxygen atoms in total. The maximum absolute atomic E-state index is 13.8. The number of hydrogen-bond acceptors (Lipinski definition) is 2. The van der Waals surface area contributed by atoms with Gasteiger partial charge in [0.2, 0.25) is 0 Å². The van der Waals surface area contributed by atoms with Crippen LogP contribution in [0.15, 0.2) is 24.3 Å². The molecule has 0 aliphatic carbocycles. The minimum Gasteiger partial charge on any atom is -0.281 e. The summed E-state index contributed by atoms with van der Waals surface area (Å²) in [6.07, 6.45) is 1.27. The molecule has 0 radical (unpaired) electrons. The molecule has 0 aliphatic heterocycles. The van der Waals surface area contributed by atoms with E-state index in [4.69, 9.17) is 11.6 Å². The van der Waals surface area contributed by atoms with E-state index >= 15 is 0 Å². The van der Waals surface area contributed by atoms with Gasteiger partial charge in [-0.3, -0.25) is 4.57 Å². The molecule has 1 aromatic carbocycles. The fourth-order valence-corrected chi connectivity index (χ4v) is 2.42. The standard InChI is InChI=1S/C15H12ClF2N3.C6H14/c1-8-5-13-15(20-14(8)16)21(9(2)19-13)11-4-3-10(7-17)12(18)6-11;1-5-6(2,3)4/h3-6H,7H2,1-2H3;5H2,1-4H3. The van der Waals surface area contributed by atoms with Crippen molar-refractivity contribution in [3.8, 4) is 5.69 Å². The van der Waals surface area contributed by atoms with E-state index in [1.54, 1.807) is 17.6 Å². The summed E-state index contributed by atoms with van der Waals surface area (Å²) in [5.41, 5.74) is 3.17. The van der Waals surface area contributed by atoms with Crippen molar-refractivity contribution in [3.63, 3.8) is 0 Å². The van der Waals surface area contributed by atoms with Gasteiger partial charge >= 0.3 is 0 Å². The van der Waals surface area contributed by atoms with Crippen LogP contribution in [0.4, 0.5) is 8.78 Å². The zero-order valence-corrected chi connectivity index (χ0v) is 17.5. The van der Waals surface area contributed by atoms with Gasteiger partial charge in [-0.05, 0) is 43.0 Å². The lowest BCUT2D eigenvalue weighted by Crippen LogP contribution is -2.00. The molecule has 6 heteroatoms. The fourth-order valence-electron chi connectivity index (χ4n) is 2.28.